The van der Waals surface area contributed by atoms with Gasteiger partial charge < -0.3 is 0 Å². The Balaban J connectivity index is 2.51. The van der Waals surface area contributed by atoms with Crippen LogP contribution in [-0.2, 0) is 24.3 Å². The molecule has 34 heavy (non-hydrogen) atoms. The minimum Gasteiger partial charge on any atom is -0.297 e. The highest BCUT2D eigenvalue weighted by molar-refractivity contribution is 5.48. The summed E-state index contributed by atoms with van der Waals surface area (Å²) in [5, 5.41) is 10.1. The number of alkyl halides is 6. The second-order valence-electron chi connectivity index (χ2n) is 8.90. The van der Waals surface area contributed by atoms with Crippen LogP contribution < -0.4 is 0 Å². The molecule has 2 atom stereocenters. The monoisotopic (exact) mass is 484 g/mol. The fourth-order valence-corrected chi connectivity index (χ4v) is 4.47. The maximum atomic E-state index is 13.9. The van der Waals surface area contributed by atoms with Crippen molar-refractivity contribution >= 4 is 0 Å². The van der Waals surface area contributed by atoms with Crippen LogP contribution in [-0.4, -0.2) is 17.5 Å². The van der Waals surface area contributed by atoms with E-state index in [0.29, 0.717) is 25.2 Å². The number of rotatable bonds is 9. The van der Waals surface area contributed by atoms with Crippen molar-refractivity contribution in [2.24, 2.45) is 5.92 Å². The molecule has 0 N–H and O–H groups in total. The van der Waals surface area contributed by atoms with Crippen LogP contribution in [0, 0.1) is 17.2 Å². The second-order valence-corrected chi connectivity index (χ2v) is 8.90. The first kappa shape index (κ1) is 27.7. The van der Waals surface area contributed by atoms with Gasteiger partial charge in [-0.25, -0.2) is 0 Å². The Morgan fingerprint density at radius 3 is 1.79 bits per heavy atom. The molecule has 0 saturated carbocycles. The van der Waals surface area contributed by atoms with Crippen molar-refractivity contribution in [2.75, 3.05) is 6.54 Å². The third-order valence-corrected chi connectivity index (χ3v) is 6.52. The molecule has 2 aromatic carbocycles. The quantitative estimate of drug-likeness (QED) is 0.339. The number of hydrogen-bond acceptors (Lipinski definition) is 2. The highest BCUT2D eigenvalue weighted by Crippen LogP contribution is 2.49. The van der Waals surface area contributed by atoms with Crippen molar-refractivity contribution in [3.05, 3.63) is 70.8 Å². The molecular formula is C26H30F6N2. The van der Waals surface area contributed by atoms with Gasteiger partial charge in [-0.3, -0.25) is 4.90 Å². The summed E-state index contributed by atoms with van der Waals surface area (Å²) in [7, 11) is 0. The maximum Gasteiger partial charge on any atom is 0.416 e. The second kappa shape index (κ2) is 10.8. The molecule has 0 amide bonds. The molecular weight excluding hydrogens is 454 g/mol. The lowest BCUT2D eigenvalue weighted by Crippen LogP contribution is -2.39. The minimum atomic E-state index is -5.03. The number of nitriles is 1. The van der Waals surface area contributed by atoms with Crippen molar-refractivity contribution in [3.63, 3.8) is 0 Å². The Morgan fingerprint density at radius 2 is 1.38 bits per heavy atom. The molecule has 0 aliphatic carbocycles. The van der Waals surface area contributed by atoms with E-state index in [1.807, 2.05) is 50.2 Å². The average Bonchev–Trinajstić information content (AvgIpc) is 2.77. The summed E-state index contributed by atoms with van der Waals surface area (Å²) in [5.74, 6) is -0.779. The summed E-state index contributed by atoms with van der Waals surface area (Å²) in [6, 6.07) is 13.4. The van der Waals surface area contributed by atoms with Crippen LogP contribution in [0.2, 0.25) is 0 Å². The van der Waals surface area contributed by atoms with E-state index in [0.717, 1.165) is 11.6 Å². The predicted molar refractivity (Wildman–Crippen MR) is 120 cm³/mol. The molecule has 2 unspecified atom stereocenters. The van der Waals surface area contributed by atoms with Gasteiger partial charge in [-0.1, -0.05) is 57.2 Å². The van der Waals surface area contributed by atoms with E-state index < -0.39 is 40.4 Å². The molecule has 0 saturated heterocycles. The van der Waals surface area contributed by atoms with E-state index in [1.54, 1.807) is 0 Å². The van der Waals surface area contributed by atoms with E-state index in [9.17, 15) is 31.6 Å². The summed E-state index contributed by atoms with van der Waals surface area (Å²) in [4.78, 5) is 2.10. The molecule has 0 aromatic heterocycles. The zero-order valence-corrected chi connectivity index (χ0v) is 19.8. The highest BCUT2D eigenvalue weighted by atomic mass is 19.4. The van der Waals surface area contributed by atoms with E-state index in [2.05, 4.69) is 4.90 Å². The van der Waals surface area contributed by atoms with Gasteiger partial charge in [0.25, 0.3) is 0 Å². The van der Waals surface area contributed by atoms with Crippen molar-refractivity contribution in [3.8, 4) is 6.07 Å². The molecule has 8 heteroatoms. The number of nitrogens with zero attached hydrogens (tertiary/aromatic N) is 2. The van der Waals surface area contributed by atoms with Crippen LogP contribution in [0.5, 0.6) is 0 Å². The molecule has 0 aliphatic heterocycles. The molecule has 0 heterocycles. The van der Waals surface area contributed by atoms with Crippen molar-refractivity contribution in [1.82, 2.24) is 4.90 Å². The molecule has 0 fully saturated rings. The summed E-state index contributed by atoms with van der Waals surface area (Å²) in [6.45, 7) is 8.07. The maximum absolute atomic E-state index is 13.9. The number of hydrogen-bond donors (Lipinski definition) is 0. The Kier molecular flexibility index (Phi) is 8.81. The summed E-state index contributed by atoms with van der Waals surface area (Å²) in [5.41, 5.74) is -4.68. The van der Waals surface area contributed by atoms with Crippen molar-refractivity contribution in [2.45, 2.75) is 70.9 Å². The van der Waals surface area contributed by atoms with Crippen LogP contribution in [0.4, 0.5) is 26.3 Å². The number of halogens is 6. The molecule has 0 radical (unpaired) electrons. The van der Waals surface area contributed by atoms with Gasteiger partial charge in [-0.15, -0.1) is 0 Å². The van der Waals surface area contributed by atoms with Gasteiger partial charge in [0.15, 0.2) is 0 Å². The third kappa shape index (κ3) is 6.12. The molecule has 2 aromatic rings. The molecule has 0 bridgehead atoms. The molecule has 2 nitrogen and oxygen atoms in total. The zero-order chi connectivity index (χ0) is 25.7. The SMILES string of the molecule is CCN(Cc1ccccc1)C(C)CCC(C#N)(c1c(C(F)(F)F)cccc1C(F)(F)F)C(C)C. The Hall–Kier alpha value is -2.53. The fraction of sp³-hybridized carbons (Fsp3) is 0.500. The smallest absolute Gasteiger partial charge is 0.297 e. The standard InChI is InChI=1S/C26H30F6N2/c1-5-34(16-20-10-7-6-8-11-20)19(4)14-15-24(17-33,18(2)3)23-21(25(27,28)29)12-9-13-22(23)26(30,31)32/h6-13,18-19H,5,14-16H2,1-4H3. The van der Waals surface area contributed by atoms with Crippen molar-refractivity contribution < 1.29 is 26.3 Å². The van der Waals surface area contributed by atoms with Crippen molar-refractivity contribution in [1.29, 1.82) is 5.26 Å². The molecule has 186 valence electrons. The van der Waals surface area contributed by atoms with Gasteiger partial charge in [0, 0.05) is 12.6 Å². The topological polar surface area (TPSA) is 27.0 Å². The van der Waals surface area contributed by atoms with Gasteiger partial charge in [0.1, 0.15) is 0 Å². The van der Waals surface area contributed by atoms with Gasteiger partial charge in [-0.2, -0.15) is 31.6 Å². The lowest BCUT2D eigenvalue weighted by molar-refractivity contribution is -0.145. The van der Waals surface area contributed by atoms with Gasteiger partial charge in [0.05, 0.1) is 22.6 Å². The third-order valence-electron chi connectivity index (χ3n) is 6.52. The summed E-state index contributed by atoms with van der Waals surface area (Å²) in [6.07, 6.45) is -9.93. The van der Waals surface area contributed by atoms with E-state index in [4.69, 9.17) is 0 Å². The van der Waals surface area contributed by atoms with E-state index in [-0.39, 0.29) is 18.9 Å². The minimum absolute atomic E-state index is 0.135. The van der Waals surface area contributed by atoms with Gasteiger partial charge >= 0.3 is 12.4 Å². The summed E-state index contributed by atoms with van der Waals surface area (Å²) < 4.78 is 83.3. The van der Waals surface area contributed by atoms with Crippen LogP contribution in [0.15, 0.2) is 48.5 Å². The Morgan fingerprint density at radius 1 is 0.853 bits per heavy atom. The van der Waals surface area contributed by atoms with Crippen LogP contribution in [0.1, 0.15) is 62.8 Å². The normalized spacial score (nSPS) is 15.3. The largest absolute Gasteiger partial charge is 0.416 e. The van der Waals surface area contributed by atoms with E-state index in [1.165, 1.54) is 13.8 Å². The van der Waals surface area contributed by atoms with Crippen LogP contribution in [0.3, 0.4) is 0 Å². The van der Waals surface area contributed by atoms with Crippen LogP contribution in [0.25, 0.3) is 0 Å². The lowest BCUT2D eigenvalue weighted by Gasteiger charge is -2.37. The first-order valence-electron chi connectivity index (χ1n) is 11.2. The first-order chi connectivity index (χ1) is 15.8. The lowest BCUT2D eigenvalue weighted by atomic mass is 9.66. The number of benzene rings is 2. The van der Waals surface area contributed by atoms with Crippen LogP contribution >= 0.6 is 0 Å². The first-order valence-corrected chi connectivity index (χ1v) is 11.2. The van der Waals surface area contributed by atoms with Gasteiger partial charge in [0.2, 0.25) is 0 Å². The summed E-state index contributed by atoms with van der Waals surface area (Å²) >= 11 is 0. The highest BCUT2D eigenvalue weighted by Gasteiger charge is 2.49. The Bertz CT molecular complexity index is 943. The molecule has 0 aliphatic rings. The van der Waals surface area contributed by atoms with E-state index >= 15 is 0 Å². The average molecular weight is 485 g/mol. The predicted octanol–water partition coefficient (Wildman–Crippen LogP) is 7.83. The zero-order valence-electron chi connectivity index (χ0n) is 19.8. The Labute approximate surface area is 197 Å². The molecule has 0 spiro atoms. The van der Waals surface area contributed by atoms with Gasteiger partial charge in [-0.05, 0) is 55.5 Å². The molecule has 2 rings (SSSR count). The fourth-order valence-electron chi connectivity index (χ4n) is 4.47.